The van der Waals surface area contributed by atoms with Crippen LogP contribution in [0.5, 0.6) is 5.75 Å². The number of halogens is 1. The van der Waals surface area contributed by atoms with Gasteiger partial charge in [-0.2, -0.15) is 0 Å². The van der Waals surface area contributed by atoms with Gasteiger partial charge in [-0.3, -0.25) is 4.79 Å². The summed E-state index contributed by atoms with van der Waals surface area (Å²) in [7, 11) is 3.58. The highest BCUT2D eigenvalue weighted by molar-refractivity contribution is 5.79. The molecule has 1 aliphatic rings. The van der Waals surface area contributed by atoms with Crippen LogP contribution in [0.1, 0.15) is 49.8 Å². The quantitative estimate of drug-likeness (QED) is 0.554. The topological polar surface area (TPSA) is 62.4 Å². The van der Waals surface area contributed by atoms with Crippen molar-refractivity contribution in [2.75, 3.05) is 26.0 Å². The van der Waals surface area contributed by atoms with E-state index >= 15 is 0 Å². The first kappa shape index (κ1) is 23.1. The molecule has 0 aliphatic heterocycles. The number of methoxy groups -OCH3 is 1. The lowest BCUT2D eigenvalue weighted by molar-refractivity contribution is -0.126. The Morgan fingerprint density at radius 3 is 2.48 bits per heavy atom. The lowest BCUT2D eigenvalue weighted by Gasteiger charge is -2.29. The van der Waals surface area contributed by atoms with E-state index in [0.717, 1.165) is 55.6 Å². The van der Waals surface area contributed by atoms with Gasteiger partial charge in [0, 0.05) is 19.0 Å². The van der Waals surface area contributed by atoms with Gasteiger partial charge < -0.3 is 20.7 Å². The number of amides is 1. The third kappa shape index (κ3) is 6.44. The molecule has 6 heteroatoms. The third-order valence-electron chi connectivity index (χ3n) is 6.21. The molecule has 0 heterocycles. The minimum absolute atomic E-state index is 0.0562. The van der Waals surface area contributed by atoms with E-state index in [1.54, 1.807) is 19.2 Å². The minimum atomic E-state index is -0.262. The summed E-state index contributed by atoms with van der Waals surface area (Å²) in [6.07, 6.45) is 4.76. The van der Waals surface area contributed by atoms with Crippen LogP contribution in [0.3, 0.4) is 0 Å². The summed E-state index contributed by atoms with van der Waals surface area (Å²) in [6, 6.07) is 12.9. The second-order valence-electron chi connectivity index (χ2n) is 8.32. The summed E-state index contributed by atoms with van der Waals surface area (Å²) < 4.78 is 18.4. The Kier molecular flexibility index (Phi) is 8.29. The highest BCUT2D eigenvalue weighted by Crippen LogP contribution is 2.27. The van der Waals surface area contributed by atoms with Crippen molar-refractivity contribution in [1.82, 2.24) is 10.6 Å². The van der Waals surface area contributed by atoms with Gasteiger partial charge >= 0.3 is 0 Å². The van der Waals surface area contributed by atoms with Crippen molar-refractivity contribution in [3.05, 3.63) is 59.4 Å². The molecule has 0 aromatic heterocycles. The lowest BCUT2D eigenvalue weighted by atomic mass is 9.85. The van der Waals surface area contributed by atoms with Crippen LogP contribution < -0.4 is 20.7 Å². The van der Waals surface area contributed by atoms with Crippen LogP contribution in [0.15, 0.2) is 42.5 Å². The second kappa shape index (κ2) is 11.1. The number of rotatable bonds is 9. The molecule has 1 aliphatic carbocycles. The van der Waals surface area contributed by atoms with E-state index in [2.05, 4.69) is 28.1 Å². The normalized spacial score (nSPS) is 19.5. The smallest absolute Gasteiger partial charge is 0.223 e. The van der Waals surface area contributed by atoms with Gasteiger partial charge in [0.15, 0.2) is 0 Å². The van der Waals surface area contributed by atoms with Crippen LogP contribution in [0.2, 0.25) is 0 Å². The number of benzene rings is 2. The Morgan fingerprint density at radius 1 is 1.13 bits per heavy atom. The van der Waals surface area contributed by atoms with Crippen molar-refractivity contribution in [2.45, 2.75) is 51.1 Å². The van der Waals surface area contributed by atoms with Crippen molar-refractivity contribution in [3.63, 3.8) is 0 Å². The highest BCUT2D eigenvalue weighted by Gasteiger charge is 2.26. The molecule has 3 N–H and O–H groups in total. The Labute approximate surface area is 184 Å². The average Bonchev–Trinajstić information content (AvgIpc) is 2.79. The second-order valence-corrected chi connectivity index (χ2v) is 8.32. The summed E-state index contributed by atoms with van der Waals surface area (Å²) in [4.78, 5) is 12.6. The summed E-state index contributed by atoms with van der Waals surface area (Å²) >= 11 is 0. The molecule has 2 aromatic rings. The first-order chi connectivity index (χ1) is 15.0. The van der Waals surface area contributed by atoms with E-state index in [0.29, 0.717) is 6.04 Å². The van der Waals surface area contributed by atoms with Gasteiger partial charge in [-0.1, -0.05) is 18.2 Å². The van der Waals surface area contributed by atoms with Gasteiger partial charge in [-0.05, 0) is 81.0 Å². The van der Waals surface area contributed by atoms with E-state index in [-0.39, 0.29) is 23.7 Å². The predicted molar refractivity (Wildman–Crippen MR) is 123 cm³/mol. The minimum Gasteiger partial charge on any atom is -0.495 e. The molecule has 5 nitrogen and oxygen atoms in total. The fraction of sp³-hybridized carbons (Fsp3) is 0.480. The van der Waals surface area contributed by atoms with Gasteiger partial charge in [-0.15, -0.1) is 0 Å². The molecule has 1 atom stereocenters. The number of hydrogen-bond donors (Lipinski definition) is 3. The SMILES string of the molecule is CNc1cc(CCNC2CCC(C(=O)NC(C)c3ccc(F)cc3)CC2)ccc1OC. The lowest BCUT2D eigenvalue weighted by Crippen LogP contribution is -2.39. The van der Waals surface area contributed by atoms with E-state index in [4.69, 9.17) is 4.74 Å². The molecular weight excluding hydrogens is 393 g/mol. The van der Waals surface area contributed by atoms with Gasteiger partial charge in [0.2, 0.25) is 5.91 Å². The van der Waals surface area contributed by atoms with Crippen molar-refractivity contribution < 1.29 is 13.9 Å². The standard InChI is InChI=1S/C25H34FN3O2/c1-17(19-5-9-21(26)10-6-19)29-25(30)20-7-11-22(12-8-20)28-15-14-18-4-13-24(31-3)23(16-18)27-2/h4-6,9-10,13,16-17,20,22,27-28H,7-8,11-12,14-15H2,1-3H3,(H,29,30). The third-order valence-corrected chi connectivity index (χ3v) is 6.21. The van der Waals surface area contributed by atoms with Crippen molar-refractivity contribution in [3.8, 4) is 5.75 Å². The fourth-order valence-corrected chi connectivity index (χ4v) is 4.25. The molecule has 3 rings (SSSR count). The van der Waals surface area contributed by atoms with Gasteiger partial charge in [0.05, 0.1) is 18.8 Å². The molecule has 0 saturated heterocycles. The van der Waals surface area contributed by atoms with E-state index in [1.807, 2.05) is 20.0 Å². The number of ether oxygens (including phenoxy) is 1. The molecule has 1 saturated carbocycles. The molecule has 31 heavy (non-hydrogen) atoms. The van der Waals surface area contributed by atoms with Crippen LogP contribution in [-0.2, 0) is 11.2 Å². The summed E-state index contributed by atoms with van der Waals surface area (Å²) in [5, 5.41) is 9.90. The average molecular weight is 428 g/mol. The number of carbonyl (C=O) groups is 1. The van der Waals surface area contributed by atoms with E-state index in [1.165, 1.54) is 17.7 Å². The molecule has 2 aromatic carbocycles. The molecule has 0 radical (unpaired) electrons. The Bertz CT molecular complexity index is 848. The summed E-state index contributed by atoms with van der Waals surface area (Å²) in [5.41, 5.74) is 3.19. The summed E-state index contributed by atoms with van der Waals surface area (Å²) in [5.74, 6) is 0.751. The van der Waals surface area contributed by atoms with E-state index in [9.17, 15) is 9.18 Å². The van der Waals surface area contributed by atoms with Crippen LogP contribution in [-0.4, -0.2) is 32.7 Å². The largest absolute Gasteiger partial charge is 0.495 e. The van der Waals surface area contributed by atoms with Crippen molar-refractivity contribution in [2.24, 2.45) is 5.92 Å². The Hall–Kier alpha value is -2.60. The molecule has 168 valence electrons. The molecule has 0 spiro atoms. The first-order valence-corrected chi connectivity index (χ1v) is 11.1. The fourth-order valence-electron chi connectivity index (χ4n) is 4.25. The predicted octanol–water partition coefficient (Wildman–Crippen LogP) is 4.44. The zero-order chi connectivity index (χ0) is 22.2. The van der Waals surface area contributed by atoms with Gasteiger partial charge in [-0.25, -0.2) is 4.39 Å². The van der Waals surface area contributed by atoms with Gasteiger partial charge in [0.25, 0.3) is 0 Å². The van der Waals surface area contributed by atoms with E-state index < -0.39 is 0 Å². The molecule has 1 amide bonds. The maximum atomic E-state index is 13.1. The first-order valence-electron chi connectivity index (χ1n) is 11.1. The molecule has 0 bridgehead atoms. The monoisotopic (exact) mass is 427 g/mol. The Morgan fingerprint density at radius 2 is 1.84 bits per heavy atom. The maximum Gasteiger partial charge on any atom is 0.223 e. The van der Waals surface area contributed by atoms with Crippen LogP contribution in [0.4, 0.5) is 10.1 Å². The highest BCUT2D eigenvalue weighted by atomic mass is 19.1. The maximum absolute atomic E-state index is 13.1. The van der Waals surface area contributed by atoms with Gasteiger partial charge in [0.1, 0.15) is 11.6 Å². The summed E-state index contributed by atoms with van der Waals surface area (Å²) in [6.45, 7) is 2.86. The zero-order valence-corrected chi connectivity index (χ0v) is 18.7. The zero-order valence-electron chi connectivity index (χ0n) is 18.7. The van der Waals surface area contributed by atoms with Crippen molar-refractivity contribution >= 4 is 11.6 Å². The molecular formula is C25H34FN3O2. The molecule has 1 fully saturated rings. The van der Waals surface area contributed by atoms with Crippen molar-refractivity contribution in [1.29, 1.82) is 0 Å². The molecule has 1 unspecified atom stereocenters. The number of carbonyl (C=O) groups excluding carboxylic acids is 1. The number of nitrogens with one attached hydrogen (secondary N) is 3. The van der Waals surface area contributed by atoms with Crippen LogP contribution in [0.25, 0.3) is 0 Å². The number of anilines is 1. The van der Waals surface area contributed by atoms with Crippen LogP contribution >= 0.6 is 0 Å². The van der Waals surface area contributed by atoms with Crippen LogP contribution in [0, 0.1) is 11.7 Å². The Balaban J connectivity index is 1.39. The number of hydrogen-bond acceptors (Lipinski definition) is 4.